The number of oxazole rings is 1. The van der Waals surface area contributed by atoms with Crippen molar-refractivity contribution in [2.75, 3.05) is 11.9 Å². The second-order valence-electron chi connectivity index (χ2n) is 6.15. The van der Waals surface area contributed by atoms with Gasteiger partial charge in [0.25, 0.3) is 0 Å². The maximum absolute atomic E-state index is 12.3. The van der Waals surface area contributed by atoms with Crippen molar-refractivity contribution in [1.29, 1.82) is 0 Å². The minimum absolute atomic E-state index is 0.0800. The summed E-state index contributed by atoms with van der Waals surface area (Å²) < 4.78 is 4.96. The molecule has 3 aromatic rings. The summed E-state index contributed by atoms with van der Waals surface area (Å²) in [6, 6.07) is 14.9. The lowest BCUT2D eigenvalue weighted by Gasteiger charge is -2.18. The van der Waals surface area contributed by atoms with Crippen LogP contribution >= 0.6 is 0 Å². The lowest BCUT2D eigenvalue weighted by molar-refractivity contribution is -0.121. The number of carbonyl (C=O) groups excluding carboxylic acids is 1. The summed E-state index contributed by atoms with van der Waals surface area (Å²) in [6.45, 7) is 4.45. The summed E-state index contributed by atoms with van der Waals surface area (Å²) in [7, 11) is 0. The molecule has 3 N–H and O–H groups in total. The van der Waals surface area contributed by atoms with E-state index in [2.05, 4.69) is 34.7 Å². The van der Waals surface area contributed by atoms with Crippen LogP contribution in [0, 0.1) is 0 Å². The molecule has 0 bridgehead atoms. The Labute approximate surface area is 145 Å². The van der Waals surface area contributed by atoms with Crippen LogP contribution in [0.4, 0.5) is 5.69 Å². The fourth-order valence-corrected chi connectivity index (χ4v) is 2.66. The van der Waals surface area contributed by atoms with Crippen molar-refractivity contribution < 1.29 is 9.21 Å². The number of fused-ring (bicyclic) bond motifs is 1. The minimum atomic E-state index is -0.493. The van der Waals surface area contributed by atoms with Gasteiger partial charge in [-0.25, -0.2) is 4.79 Å². The number of rotatable bonds is 6. The molecule has 2 aromatic carbocycles. The van der Waals surface area contributed by atoms with Crippen molar-refractivity contribution in [3.05, 3.63) is 64.6 Å². The van der Waals surface area contributed by atoms with Gasteiger partial charge in [0.15, 0.2) is 5.58 Å². The summed E-state index contributed by atoms with van der Waals surface area (Å²) in [6.07, 6.45) is 0. The predicted molar refractivity (Wildman–Crippen MR) is 97.8 cm³/mol. The first kappa shape index (κ1) is 16.8. The molecule has 0 saturated carbocycles. The first-order chi connectivity index (χ1) is 12.0. The largest absolute Gasteiger partial charge is 0.417 e. The molecule has 6 heteroatoms. The molecule has 0 aliphatic rings. The van der Waals surface area contributed by atoms with E-state index in [0.717, 1.165) is 5.69 Å². The fraction of sp³-hybridized carbons (Fsp3) is 0.263. The number of aromatic amines is 1. The van der Waals surface area contributed by atoms with Gasteiger partial charge in [-0.1, -0.05) is 37.3 Å². The van der Waals surface area contributed by atoms with Crippen molar-refractivity contribution in [2.24, 2.45) is 0 Å². The van der Waals surface area contributed by atoms with Gasteiger partial charge in [0, 0.05) is 12.2 Å². The van der Waals surface area contributed by atoms with E-state index < -0.39 is 11.8 Å². The van der Waals surface area contributed by atoms with Crippen LogP contribution in [0.2, 0.25) is 0 Å². The molecule has 0 aliphatic carbocycles. The van der Waals surface area contributed by atoms with Crippen LogP contribution in [0.1, 0.15) is 25.3 Å². The molecule has 2 unspecified atom stereocenters. The topological polar surface area (TPSA) is 87.1 Å². The van der Waals surface area contributed by atoms with E-state index in [1.165, 1.54) is 5.56 Å². The van der Waals surface area contributed by atoms with Crippen molar-refractivity contribution >= 4 is 22.7 Å². The molecule has 1 aromatic heterocycles. The van der Waals surface area contributed by atoms with Gasteiger partial charge in [-0.05, 0) is 36.6 Å². The summed E-state index contributed by atoms with van der Waals surface area (Å²) in [5.41, 5.74) is 3.02. The Hall–Kier alpha value is -3.02. The molecule has 25 heavy (non-hydrogen) atoms. The molecular weight excluding hydrogens is 318 g/mol. The third kappa shape index (κ3) is 4.09. The minimum Gasteiger partial charge on any atom is -0.408 e. The zero-order chi connectivity index (χ0) is 17.8. The maximum atomic E-state index is 12.3. The molecular formula is C19H21N3O3. The third-order valence-corrected chi connectivity index (χ3v) is 4.15. The van der Waals surface area contributed by atoms with Crippen LogP contribution < -0.4 is 16.4 Å². The van der Waals surface area contributed by atoms with Gasteiger partial charge in [0.2, 0.25) is 5.91 Å². The van der Waals surface area contributed by atoms with E-state index >= 15 is 0 Å². The zero-order valence-corrected chi connectivity index (χ0v) is 14.2. The number of aromatic nitrogens is 1. The molecule has 1 amide bonds. The molecule has 0 spiro atoms. The van der Waals surface area contributed by atoms with Crippen molar-refractivity contribution in [3.63, 3.8) is 0 Å². The Morgan fingerprint density at radius 1 is 1.16 bits per heavy atom. The van der Waals surface area contributed by atoms with E-state index in [0.29, 0.717) is 17.6 Å². The van der Waals surface area contributed by atoms with Crippen LogP contribution in [0.3, 0.4) is 0 Å². The monoisotopic (exact) mass is 339 g/mol. The molecule has 0 aliphatic heterocycles. The van der Waals surface area contributed by atoms with Gasteiger partial charge in [-0.2, -0.15) is 0 Å². The Bertz CT molecular complexity index is 914. The highest BCUT2D eigenvalue weighted by Crippen LogP contribution is 2.17. The number of benzene rings is 2. The van der Waals surface area contributed by atoms with Crippen LogP contribution in [0.25, 0.3) is 11.1 Å². The Morgan fingerprint density at radius 3 is 2.68 bits per heavy atom. The number of carbonyl (C=O) groups is 1. The molecule has 1 heterocycles. The predicted octanol–water partition coefficient (Wildman–Crippen LogP) is 2.84. The first-order valence-corrected chi connectivity index (χ1v) is 8.25. The van der Waals surface area contributed by atoms with Crippen LogP contribution in [0.15, 0.2) is 57.7 Å². The van der Waals surface area contributed by atoms with Crippen molar-refractivity contribution in [2.45, 2.75) is 25.8 Å². The maximum Gasteiger partial charge on any atom is 0.417 e. The standard InChI is InChI=1S/C19H21N3O3/c1-12(14-6-4-3-5-7-14)11-20-18(23)13(2)21-15-8-9-17-16(10-15)22-19(24)25-17/h3-10,12-13,21H,11H2,1-2H3,(H,20,23)(H,22,24). The fourth-order valence-electron chi connectivity index (χ4n) is 2.66. The second kappa shape index (κ2) is 7.25. The van der Waals surface area contributed by atoms with Crippen LogP contribution in [0.5, 0.6) is 0 Å². The number of nitrogens with one attached hydrogen (secondary N) is 3. The SMILES string of the molecule is CC(Nc1ccc2oc(=O)[nH]c2c1)C(=O)NCC(C)c1ccccc1. The molecule has 6 nitrogen and oxygen atoms in total. The highest BCUT2D eigenvalue weighted by atomic mass is 16.4. The van der Waals surface area contributed by atoms with Gasteiger partial charge < -0.3 is 15.1 Å². The average Bonchev–Trinajstić information content (AvgIpc) is 2.99. The number of amides is 1. The lowest BCUT2D eigenvalue weighted by Crippen LogP contribution is -2.39. The number of hydrogen-bond acceptors (Lipinski definition) is 4. The smallest absolute Gasteiger partial charge is 0.408 e. The number of hydrogen-bond donors (Lipinski definition) is 3. The van der Waals surface area contributed by atoms with Gasteiger partial charge in [-0.15, -0.1) is 0 Å². The molecule has 0 fully saturated rings. The second-order valence-corrected chi connectivity index (χ2v) is 6.15. The molecule has 0 radical (unpaired) electrons. The lowest BCUT2D eigenvalue weighted by atomic mass is 10.0. The van der Waals surface area contributed by atoms with Crippen LogP contribution in [-0.4, -0.2) is 23.5 Å². The summed E-state index contributed by atoms with van der Waals surface area (Å²) in [5.74, 6) is -0.332. The zero-order valence-electron chi connectivity index (χ0n) is 14.2. The summed E-state index contributed by atoms with van der Waals surface area (Å²) in [4.78, 5) is 26.1. The quantitative estimate of drug-likeness (QED) is 0.644. The molecule has 3 rings (SSSR count). The third-order valence-electron chi connectivity index (χ3n) is 4.15. The normalized spacial score (nSPS) is 13.4. The van der Waals surface area contributed by atoms with Crippen LogP contribution in [-0.2, 0) is 4.79 Å². The Morgan fingerprint density at radius 2 is 1.92 bits per heavy atom. The van der Waals surface area contributed by atoms with E-state index in [-0.39, 0.29) is 11.8 Å². The molecule has 2 atom stereocenters. The van der Waals surface area contributed by atoms with E-state index in [1.807, 2.05) is 18.2 Å². The van der Waals surface area contributed by atoms with E-state index in [1.54, 1.807) is 25.1 Å². The van der Waals surface area contributed by atoms with Gasteiger partial charge in [0.05, 0.1) is 5.52 Å². The summed E-state index contributed by atoms with van der Waals surface area (Å²) in [5, 5.41) is 6.10. The van der Waals surface area contributed by atoms with Crippen molar-refractivity contribution in [3.8, 4) is 0 Å². The average molecular weight is 339 g/mol. The molecule has 130 valence electrons. The highest BCUT2D eigenvalue weighted by molar-refractivity contribution is 5.85. The van der Waals surface area contributed by atoms with Gasteiger partial charge in [0.1, 0.15) is 6.04 Å². The van der Waals surface area contributed by atoms with Gasteiger partial charge in [-0.3, -0.25) is 9.78 Å². The number of anilines is 1. The van der Waals surface area contributed by atoms with Gasteiger partial charge >= 0.3 is 5.76 Å². The number of H-pyrrole nitrogens is 1. The first-order valence-electron chi connectivity index (χ1n) is 8.25. The Kier molecular flexibility index (Phi) is 4.88. The highest BCUT2D eigenvalue weighted by Gasteiger charge is 2.14. The summed E-state index contributed by atoms with van der Waals surface area (Å²) >= 11 is 0. The molecule has 0 saturated heterocycles. The Balaban J connectivity index is 1.57. The van der Waals surface area contributed by atoms with Crippen molar-refractivity contribution in [1.82, 2.24) is 10.3 Å². The van der Waals surface area contributed by atoms with E-state index in [9.17, 15) is 9.59 Å². The van der Waals surface area contributed by atoms with E-state index in [4.69, 9.17) is 4.42 Å².